The minimum absolute atomic E-state index is 0.193. The van der Waals surface area contributed by atoms with E-state index < -0.39 is 0 Å². The molecule has 2 atom stereocenters. The highest BCUT2D eigenvalue weighted by Crippen LogP contribution is 2.43. The van der Waals surface area contributed by atoms with Gasteiger partial charge in [0.2, 0.25) is 0 Å². The van der Waals surface area contributed by atoms with Crippen LogP contribution in [0, 0.1) is 0 Å². The fourth-order valence-electron chi connectivity index (χ4n) is 2.64. The fourth-order valence-corrected chi connectivity index (χ4v) is 2.64. The normalized spacial score (nSPS) is 39.2. The van der Waals surface area contributed by atoms with Crippen molar-refractivity contribution < 1.29 is 4.74 Å². The Hall–Kier alpha value is -0.530. The van der Waals surface area contributed by atoms with E-state index >= 15 is 0 Å². The van der Waals surface area contributed by atoms with Crippen LogP contribution < -0.4 is 0 Å². The molecule has 0 saturated heterocycles. The van der Waals surface area contributed by atoms with Crippen molar-refractivity contribution in [2.45, 2.75) is 57.6 Å². The minimum atomic E-state index is 0.193. The first-order chi connectivity index (χ1) is 5.77. The molecule has 1 fully saturated rings. The van der Waals surface area contributed by atoms with Crippen molar-refractivity contribution in [1.29, 1.82) is 0 Å². The fraction of sp³-hybridized carbons (Fsp3) is 0.900. The van der Waals surface area contributed by atoms with Gasteiger partial charge >= 0.3 is 0 Å². The summed E-state index contributed by atoms with van der Waals surface area (Å²) in [6.45, 7) is 4.21. The Kier molecular flexibility index (Phi) is 1.85. The van der Waals surface area contributed by atoms with Crippen LogP contribution in [0.3, 0.4) is 0 Å². The molecule has 0 N–H and O–H groups in total. The topological polar surface area (TPSA) is 21.6 Å². The van der Waals surface area contributed by atoms with Gasteiger partial charge in [0.15, 0.2) is 5.90 Å². The second-order valence-corrected chi connectivity index (χ2v) is 3.98. The smallest absolute Gasteiger partial charge is 0.181 e. The summed E-state index contributed by atoms with van der Waals surface area (Å²) in [5.41, 5.74) is 0.193. The molecule has 0 amide bonds. The van der Waals surface area contributed by atoms with Gasteiger partial charge in [0.1, 0.15) is 11.6 Å². The van der Waals surface area contributed by atoms with Gasteiger partial charge in [0.25, 0.3) is 0 Å². The minimum Gasteiger partial charge on any atom is -0.475 e. The summed E-state index contributed by atoms with van der Waals surface area (Å²) in [6.07, 6.45) is 6.58. The quantitative estimate of drug-likeness (QED) is 0.619. The van der Waals surface area contributed by atoms with Crippen LogP contribution in [0.5, 0.6) is 0 Å². The summed E-state index contributed by atoms with van der Waals surface area (Å²) in [4.78, 5) is 4.67. The van der Waals surface area contributed by atoms with Crippen molar-refractivity contribution in [2.75, 3.05) is 0 Å². The standard InChI is InChI=1S/C10H17NO/c1-3-6-10-7-4-5-9(10)12-8(2)11-10/h9H,3-7H2,1-2H3/t9-,10+/m0/s1. The van der Waals surface area contributed by atoms with Crippen molar-refractivity contribution in [3.63, 3.8) is 0 Å². The van der Waals surface area contributed by atoms with Gasteiger partial charge in [-0.05, 0) is 25.7 Å². The number of ether oxygens (including phenoxy) is 1. The Bertz CT molecular complexity index is 212. The number of hydrogen-bond donors (Lipinski definition) is 0. The van der Waals surface area contributed by atoms with Gasteiger partial charge in [0.05, 0.1) is 0 Å². The van der Waals surface area contributed by atoms with Crippen LogP contribution in [0.1, 0.15) is 46.0 Å². The summed E-state index contributed by atoms with van der Waals surface area (Å²) in [5, 5.41) is 0. The maximum absolute atomic E-state index is 5.69. The van der Waals surface area contributed by atoms with Gasteiger partial charge in [-0.1, -0.05) is 13.3 Å². The molecule has 0 unspecified atom stereocenters. The first-order valence-electron chi connectivity index (χ1n) is 5.00. The molecule has 2 rings (SSSR count). The SMILES string of the molecule is CCC[C@@]12CCC[C@@H]1OC(C)=N2. The Morgan fingerprint density at radius 3 is 3.25 bits per heavy atom. The average Bonchev–Trinajstić information content (AvgIpc) is 2.44. The van der Waals surface area contributed by atoms with E-state index in [0.717, 1.165) is 5.90 Å². The predicted octanol–water partition coefficient (Wildman–Crippen LogP) is 2.53. The van der Waals surface area contributed by atoms with Crippen molar-refractivity contribution >= 4 is 5.90 Å². The highest BCUT2D eigenvalue weighted by Gasteiger charge is 2.47. The molecule has 0 aromatic heterocycles. The van der Waals surface area contributed by atoms with Gasteiger partial charge < -0.3 is 4.74 Å². The van der Waals surface area contributed by atoms with Crippen LogP contribution >= 0.6 is 0 Å². The van der Waals surface area contributed by atoms with Crippen molar-refractivity contribution in [3.05, 3.63) is 0 Å². The molecule has 68 valence electrons. The molecular weight excluding hydrogens is 150 g/mol. The summed E-state index contributed by atoms with van der Waals surface area (Å²) in [5.74, 6) is 0.910. The zero-order chi connectivity index (χ0) is 8.60. The highest BCUT2D eigenvalue weighted by molar-refractivity contribution is 5.76. The predicted molar refractivity (Wildman–Crippen MR) is 49.5 cm³/mol. The molecule has 1 aliphatic carbocycles. The molecule has 2 aliphatic rings. The Balaban J connectivity index is 2.18. The molecule has 1 heterocycles. The lowest BCUT2D eigenvalue weighted by Gasteiger charge is -2.23. The summed E-state index contributed by atoms with van der Waals surface area (Å²) >= 11 is 0. The molecule has 0 bridgehead atoms. The first kappa shape index (κ1) is 8.09. The highest BCUT2D eigenvalue weighted by atomic mass is 16.5. The van der Waals surface area contributed by atoms with E-state index in [4.69, 9.17) is 4.74 Å². The van der Waals surface area contributed by atoms with Crippen LogP contribution in [0.4, 0.5) is 0 Å². The van der Waals surface area contributed by atoms with Crippen molar-refractivity contribution in [3.8, 4) is 0 Å². The third-order valence-corrected chi connectivity index (χ3v) is 3.05. The lowest BCUT2D eigenvalue weighted by Crippen LogP contribution is -2.32. The van der Waals surface area contributed by atoms with Gasteiger partial charge in [-0.3, -0.25) is 0 Å². The first-order valence-corrected chi connectivity index (χ1v) is 5.00. The van der Waals surface area contributed by atoms with Gasteiger partial charge in [-0.15, -0.1) is 0 Å². The average molecular weight is 167 g/mol. The van der Waals surface area contributed by atoms with Crippen LogP contribution in [0.25, 0.3) is 0 Å². The maximum Gasteiger partial charge on any atom is 0.181 e. The largest absolute Gasteiger partial charge is 0.475 e. The summed E-state index contributed by atoms with van der Waals surface area (Å²) in [7, 11) is 0. The van der Waals surface area contributed by atoms with Crippen LogP contribution in [-0.4, -0.2) is 17.5 Å². The number of rotatable bonds is 2. The molecule has 2 nitrogen and oxygen atoms in total. The molecule has 0 radical (unpaired) electrons. The molecule has 2 heteroatoms. The zero-order valence-corrected chi connectivity index (χ0v) is 7.97. The van der Waals surface area contributed by atoms with E-state index in [-0.39, 0.29) is 5.54 Å². The molecule has 0 aromatic carbocycles. The van der Waals surface area contributed by atoms with Gasteiger partial charge in [-0.25, -0.2) is 4.99 Å². The van der Waals surface area contributed by atoms with Crippen LogP contribution in [0.15, 0.2) is 4.99 Å². The Labute approximate surface area is 74.0 Å². The molecular formula is C10H17NO. The molecule has 1 aliphatic heterocycles. The summed E-state index contributed by atoms with van der Waals surface area (Å²) in [6, 6.07) is 0. The van der Waals surface area contributed by atoms with Crippen LogP contribution in [-0.2, 0) is 4.74 Å². The number of nitrogens with zero attached hydrogens (tertiary/aromatic N) is 1. The third kappa shape index (κ3) is 1.05. The Morgan fingerprint density at radius 1 is 1.67 bits per heavy atom. The van der Waals surface area contributed by atoms with Gasteiger partial charge in [0, 0.05) is 6.92 Å². The van der Waals surface area contributed by atoms with E-state index in [2.05, 4.69) is 11.9 Å². The molecule has 1 saturated carbocycles. The monoisotopic (exact) mass is 167 g/mol. The van der Waals surface area contributed by atoms with E-state index in [1.54, 1.807) is 0 Å². The second kappa shape index (κ2) is 2.75. The van der Waals surface area contributed by atoms with E-state index in [0.29, 0.717) is 6.10 Å². The Morgan fingerprint density at radius 2 is 2.50 bits per heavy atom. The van der Waals surface area contributed by atoms with E-state index in [9.17, 15) is 0 Å². The third-order valence-electron chi connectivity index (χ3n) is 3.05. The van der Waals surface area contributed by atoms with Gasteiger partial charge in [-0.2, -0.15) is 0 Å². The maximum atomic E-state index is 5.69. The molecule has 0 aromatic rings. The van der Waals surface area contributed by atoms with E-state index in [1.807, 2.05) is 6.92 Å². The van der Waals surface area contributed by atoms with Crippen LogP contribution in [0.2, 0.25) is 0 Å². The number of fused-ring (bicyclic) bond motifs is 1. The second-order valence-electron chi connectivity index (χ2n) is 3.98. The molecule has 12 heavy (non-hydrogen) atoms. The van der Waals surface area contributed by atoms with Crippen molar-refractivity contribution in [2.24, 2.45) is 4.99 Å². The lowest BCUT2D eigenvalue weighted by molar-refractivity contribution is 0.155. The van der Waals surface area contributed by atoms with Crippen molar-refractivity contribution in [1.82, 2.24) is 0 Å². The summed E-state index contributed by atoms with van der Waals surface area (Å²) < 4.78 is 5.69. The van der Waals surface area contributed by atoms with E-state index in [1.165, 1.54) is 32.1 Å². The zero-order valence-electron chi connectivity index (χ0n) is 7.97. The number of aliphatic imine (C=N–C) groups is 1. The molecule has 0 spiro atoms. The lowest BCUT2D eigenvalue weighted by atomic mass is 9.91. The number of hydrogen-bond acceptors (Lipinski definition) is 2.